The first-order valence-electron chi connectivity index (χ1n) is 6.45. The molecule has 0 atom stereocenters. The third kappa shape index (κ3) is 4.81. The molecule has 0 aliphatic rings. The van der Waals surface area contributed by atoms with E-state index in [-0.39, 0.29) is 11.9 Å². The van der Waals surface area contributed by atoms with E-state index in [1.165, 1.54) is 30.2 Å². The van der Waals surface area contributed by atoms with Crippen LogP contribution >= 0.6 is 23.1 Å². The van der Waals surface area contributed by atoms with Gasteiger partial charge in [-0.25, -0.2) is 4.79 Å². The van der Waals surface area contributed by atoms with Gasteiger partial charge in [-0.2, -0.15) is 0 Å². The van der Waals surface area contributed by atoms with Crippen molar-refractivity contribution in [3.8, 4) is 0 Å². The van der Waals surface area contributed by atoms with Gasteiger partial charge in [-0.15, -0.1) is 10.2 Å². The fourth-order valence-electron chi connectivity index (χ4n) is 1.59. The summed E-state index contributed by atoms with van der Waals surface area (Å²) >= 11 is 2.83. The maximum atomic E-state index is 11.8. The van der Waals surface area contributed by atoms with Gasteiger partial charge in [0, 0.05) is 6.54 Å². The van der Waals surface area contributed by atoms with Gasteiger partial charge in [0.1, 0.15) is 5.01 Å². The Morgan fingerprint density at radius 2 is 2.00 bits per heavy atom. The Labute approximate surface area is 136 Å². The lowest BCUT2D eigenvalue weighted by Gasteiger charge is -2.05. The van der Waals surface area contributed by atoms with Crippen LogP contribution in [0.2, 0.25) is 0 Å². The molecule has 0 bridgehead atoms. The predicted octanol–water partition coefficient (Wildman–Crippen LogP) is 2.04. The van der Waals surface area contributed by atoms with E-state index in [0.717, 1.165) is 14.9 Å². The molecule has 0 saturated heterocycles. The number of carbonyl (C=O) groups is 2. The number of nitrogens with zero attached hydrogens (tertiary/aromatic N) is 2. The number of hydrogen-bond donors (Lipinski definition) is 1. The minimum atomic E-state index is -0.376. The first-order valence-corrected chi connectivity index (χ1v) is 8.25. The van der Waals surface area contributed by atoms with Crippen molar-refractivity contribution in [1.82, 2.24) is 15.5 Å². The van der Waals surface area contributed by atoms with Crippen molar-refractivity contribution in [2.75, 3.05) is 12.9 Å². The standard InChI is InChI=1S/C14H15N3O3S2/c1-9-16-17-14(22-9)21-8-12(18)15-7-10-3-5-11(6-4-10)13(19)20-2/h3-6H,7-8H2,1-2H3,(H,15,18). The van der Waals surface area contributed by atoms with Gasteiger partial charge in [0.2, 0.25) is 5.91 Å². The first kappa shape index (κ1) is 16.4. The average molecular weight is 337 g/mol. The van der Waals surface area contributed by atoms with Crippen molar-refractivity contribution < 1.29 is 14.3 Å². The fourth-order valence-corrected chi connectivity index (χ4v) is 3.24. The van der Waals surface area contributed by atoms with Crippen molar-refractivity contribution in [1.29, 1.82) is 0 Å². The van der Waals surface area contributed by atoms with Crippen LogP contribution in [0.1, 0.15) is 20.9 Å². The second-order valence-corrected chi connectivity index (χ2v) is 6.75. The highest BCUT2D eigenvalue weighted by molar-refractivity contribution is 8.01. The largest absolute Gasteiger partial charge is 0.465 e. The van der Waals surface area contributed by atoms with Crippen LogP contribution in [-0.2, 0) is 16.1 Å². The van der Waals surface area contributed by atoms with Gasteiger partial charge in [-0.05, 0) is 24.6 Å². The molecule has 2 aromatic rings. The topological polar surface area (TPSA) is 81.2 Å². The molecular weight excluding hydrogens is 322 g/mol. The number of aryl methyl sites for hydroxylation is 1. The molecule has 6 nitrogen and oxygen atoms in total. The molecule has 0 aliphatic carbocycles. The molecule has 0 unspecified atom stereocenters. The summed E-state index contributed by atoms with van der Waals surface area (Å²) in [6.45, 7) is 2.29. The summed E-state index contributed by atoms with van der Waals surface area (Å²) < 4.78 is 5.42. The average Bonchev–Trinajstić information content (AvgIpc) is 2.96. The summed E-state index contributed by atoms with van der Waals surface area (Å²) in [6.07, 6.45) is 0. The van der Waals surface area contributed by atoms with E-state index in [4.69, 9.17) is 0 Å². The molecule has 1 aromatic heterocycles. The molecule has 0 saturated carbocycles. The second kappa shape index (κ2) is 7.90. The Morgan fingerprint density at radius 3 is 2.59 bits per heavy atom. The number of aromatic nitrogens is 2. The molecule has 0 aliphatic heterocycles. The fraction of sp³-hybridized carbons (Fsp3) is 0.286. The van der Waals surface area contributed by atoms with Crippen molar-refractivity contribution >= 4 is 35.0 Å². The number of thioether (sulfide) groups is 1. The van der Waals surface area contributed by atoms with Crippen molar-refractivity contribution in [3.63, 3.8) is 0 Å². The number of amides is 1. The Kier molecular flexibility index (Phi) is 5.91. The minimum absolute atomic E-state index is 0.0742. The molecule has 22 heavy (non-hydrogen) atoms. The number of hydrogen-bond acceptors (Lipinski definition) is 7. The molecule has 0 radical (unpaired) electrons. The second-order valence-electron chi connectivity index (χ2n) is 4.34. The van der Waals surface area contributed by atoms with E-state index in [9.17, 15) is 9.59 Å². The number of nitrogens with one attached hydrogen (secondary N) is 1. The molecule has 8 heteroatoms. The minimum Gasteiger partial charge on any atom is -0.465 e. The number of benzene rings is 1. The lowest BCUT2D eigenvalue weighted by atomic mass is 10.1. The summed E-state index contributed by atoms with van der Waals surface area (Å²) in [4.78, 5) is 23.1. The number of ether oxygens (including phenoxy) is 1. The normalized spacial score (nSPS) is 10.3. The predicted molar refractivity (Wildman–Crippen MR) is 85.0 cm³/mol. The summed E-state index contributed by atoms with van der Waals surface area (Å²) in [5.74, 6) is -0.149. The zero-order valence-corrected chi connectivity index (χ0v) is 13.8. The third-order valence-corrected chi connectivity index (χ3v) is 4.67. The van der Waals surface area contributed by atoms with Gasteiger partial charge >= 0.3 is 5.97 Å². The molecule has 1 amide bonds. The maximum Gasteiger partial charge on any atom is 0.337 e. The van der Waals surface area contributed by atoms with E-state index in [1.54, 1.807) is 24.3 Å². The van der Waals surface area contributed by atoms with Gasteiger partial charge in [0.15, 0.2) is 4.34 Å². The third-order valence-electron chi connectivity index (χ3n) is 2.70. The highest BCUT2D eigenvalue weighted by Crippen LogP contribution is 2.21. The van der Waals surface area contributed by atoms with Crippen molar-refractivity contribution in [2.24, 2.45) is 0 Å². The number of methoxy groups -OCH3 is 1. The van der Waals surface area contributed by atoms with Crippen molar-refractivity contribution in [2.45, 2.75) is 17.8 Å². The quantitative estimate of drug-likeness (QED) is 0.642. The summed E-state index contributed by atoms with van der Waals surface area (Å²) in [6, 6.07) is 6.92. The Morgan fingerprint density at radius 1 is 1.27 bits per heavy atom. The van der Waals surface area contributed by atoms with Crippen LogP contribution in [0, 0.1) is 6.92 Å². The zero-order chi connectivity index (χ0) is 15.9. The van der Waals surface area contributed by atoms with Gasteiger partial charge in [0.05, 0.1) is 18.4 Å². The van der Waals surface area contributed by atoms with E-state index in [2.05, 4.69) is 20.3 Å². The van der Waals surface area contributed by atoms with Crippen LogP contribution in [0.25, 0.3) is 0 Å². The van der Waals surface area contributed by atoms with Crippen LogP contribution in [0.5, 0.6) is 0 Å². The van der Waals surface area contributed by atoms with E-state index < -0.39 is 0 Å². The lowest BCUT2D eigenvalue weighted by molar-refractivity contribution is -0.118. The maximum absolute atomic E-state index is 11.8. The molecule has 1 heterocycles. The van der Waals surface area contributed by atoms with Crippen LogP contribution in [0.3, 0.4) is 0 Å². The molecule has 0 spiro atoms. The molecule has 0 fully saturated rings. The summed E-state index contributed by atoms with van der Waals surface area (Å²) in [5.41, 5.74) is 1.40. The van der Waals surface area contributed by atoms with Gasteiger partial charge in [-0.3, -0.25) is 4.79 Å². The molecule has 1 N–H and O–H groups in total. The monoisotopic (exact) mass is 337 g/mol. The Hall–Kier alpha value is -1.93. The van der Waals surface area contributed by atoms with E-state index >= 15 is 0 Å². The van der Waals surface area contributed by atoms with Crippen LogP contribution in [0.15, 0.2) is 28.6 Å². The number of carbonyl (C=O) groups excluding carboxylic acids is 2. The lowest BCUT2D eigenvalue weighted by Crippen LogP contribution is -2.24. The van der Waals surface area contributed by atoms with Gasteiger partial charge in [-0.1, -0.05) is 35.2 Å². The van der Waals surface area contributed by atoms with Gasteiger partial charge in [0.25, 0.3) is 0 Å². The number of rotatable bonds is 6. The van der Waals surface area contributed by atoms with Gasteiger partial charge < -0.3 is 10.1 Å². The van der Waals surface area contributed by atoms with Crippen LogP contribution < -0.4 is 5.32 Å². The van der Waals surface area contributed by atoms with E-state index in [1.807, 2.05) is 6.92 Å². The summed E-state index contributed by atoms with van der Waals surface area (Å²) in [5, 5.41) is 11.5. The highest BCUT2D eigenvalue weighted by Gasteiger charge is 2.07. The molecule has 116 valence electrons. The Bertz CT molecular complexity index is 656. The zero-order valence-electron chi connectivity index (χ0n) is 12.2. The Balaban J connectivity index is 1.77. The van der Waals surface area contributed by atoms with E-state index in [0.29, 0.717) is 17.9 Å². The molecular formula is C14H15N3O3S2. The number of esters is 1. The van der Waals surface area contributed by atoms with Crippen LogP contribution in [0.4, 0.5) is 0 Å². The van der Waals surface area contributed by atoms with Crippen molar-refractivity contribution in [3.05, 3.63) is 40.4 Å². The smallest absolute Gasteiger partial charge is 0.337 e. The SMILES string of the molecule is COC(=O)c1ccc(CNC(=O)CSc2nnc(C)s2)cc1. The van der Waals surface area contributed by atoms with Crippen LogP contribution in [-0.4, -0.2) is 34.9 Å². The summed E-state index contributed by atoms with van der Waals surface area (Å²) in [7, 11) is 1.34. The molecule has 1 aromatic carbocycles. The highest BCUT2D eigenvalue weighted by atomic mass is 32.2. The first-order chi connectivity index (χ1) is 10.6. The molecule has 2 rings (SSSR count).